The van der Waals surface area contributed by atoms with Crippen LogP contribution in [0.4, 0.5) is 14.6 Å². The lowest BCUT2D eigenvalue weighted by atomic mass is 9.75. The lowest BCUT2D eigenvalue weighted by Gasteiger charge is -2.49. The Bertz CT molecular complexity index is 1790. The van der Waals surface area contributed by atoms with Gasteiger partial charge in [-0.05, 0) is 69.8 Å². The lowest BCUT2D eigenvalue weighted by Crippen LogP contribution is -2.61. The Morgan fingerprint density at radius 3 is 2.74 bits per heavy atom. The molecule has 2 N–H and O–H groups in total. The summed E-state index contributed by atoms with van der Waals surface area (Å²) < 4.78 is 37.9. The number of aromatic hydroxyl groups is 1. The molecule has 0 amide bonds. The van der Waals surface area contributed by atoms with E-state index in [1.807, 2.05) is 6.92 Å². The molecule has 0 aliphatic carbocycles. The Morgan fingerprint density at radius 2 is 2.02 bits per heavy atom. The Morgan fingerprint density at radius 1 is 1.19 bits per heavy atom. The van der Waals surface area contributed by atoms with Crippen molar-refractivity contribution in [3.63, 3.8) is 0 Å². The van der Waals surface area contributed by atoms with Gasteiger partial charge in [0.1, 0.15) is 34.7 Å². The number of likely N-dealkylation sites (tertiary alicyclic amines) is 1. The second-order valence-electron chi connectivity index (χ2n) is 12.3. The van der Waals surface area contributed by atoms with E-state index in [0.29, 0.717) is 22.0 Å². The average molecular weight is 585 g/mol. The second kappa shape index (κ2) is 10.6. The summed E-state index contributed by atoms with van der Waals surface area (Å²) in [6.07, 6.45) is 11.2. The zero-order valence-electron chi connectivity index (χ0n) is 24.3. The standard InChI is InChI=1S/C33H34F2N6O2/c1-4-22-25(34)9-8-20-13-21(42)14-23(27(20)22)29-28(35)30-24(15-37-29)31(41-12-6-10-33(18-41)16-36-17-33)39-32(38-30)43-19(2)26-7-5-11-40(26)3/h1,8-9,13-15,19,26,36,42H,5-7,10-12,16-18H2,2-3H3/t19?,26-/m0/s1. The van der Waals surface area contributed by atoms with Gasteiger partial charge in [-0.15, -0.1) is 6.42 Å². The van der Waals surface area contributed by atoms with E-state index in [0.717, 1.165) is 58.4 Å². The minimum atomic E-state index is -0.715. The number of terminal acetylenes is 1. The van der Waals surface area contributed by atoms with Crippen molar-refractivity contribution in [2.75, 3.05) is 44.7 Å². The molecular formula is C33H34F2N6O2. The van der Waals surface area contributed by atoms with Crippen LogP contribution in [-0.4, -0.2) is 76.9 Å². The largest absolute Gasteiger partial charge is 0.508 e. The maximum Gasteiger partial charge on any atom is 0.319 e. The van der Waals surface area contributed by atoms with E-state index in [1.165, 1.54) is 24.3 Å². The molecule has 0 bridgehead atoms. The number of halogens is 2. The summed E-state index contributed by atoms with van der Waals surface area (Å²) in [4.78, 5) is 18.4. The Kier molecular flexibility index (Phi) is 6.83. The number of aromatic nitrogens is 3. The van der Waals surface area contributed by atoms with Crippen LogP contribution in [-0.2, 0) is 0 Å². The van der Waals surface area contributed by atoms with E-state index in [-0.39, 0.29) is 51.7 Å². The summed E-state index contributed by atoms with van der Waals surface area (Å²) in [5.41, 5.74) is 0.288. The summed E-state index contributed by atoms with van der Waals surface area (Å²) in [7, 11) is 2.08. The number of rotatable bonds is 5. The smallest absolute Gasteiger partial charge is 0.319 e. The van der Waals surface area contributed by atoms with Crippen molar-refractivity contribution in [2.45, 2.75) is 44.8 Å². The molecule has 3 fully saturated rings. The first kappa shape index (κ1) is 27.7. The number of fused-ring (bicyclic) bond motifs is 2. The number of nitrogens with one attached hydrogen (secondary N) is 1. The molecule has 2 aromatic heterocycles. The van der Waals surface area contributed by atoms with Gasteiger partial charge in [0.15, 0.2) is 5.82 Å². The van der Waals surface area contributed by atoms with Gasteiger partial charge in [0.2, 0.25) is 0 Å². The number of piperidine rings is 1. The molecule has 3 saturated heterocycles. The van der Waals surface area contributed by atoms with Gasteiger partial charge >= 0.3 is 6.01 Å². The number of hydrogen-bond acceptors (Lipinski definition) is 8. The SMILES string of the molecule is C#Cc1c(F)ccc2cc(O)cc(-c3ncc4c(N5CCCC6(CNC6)C5)nc(OC(C)[C@@H]5CCCN5C)nc4c3F)c12. The minimum absolute atomic E-state index is 0.0246. The molecule has 222 valence electrons. The topological polar surface area (TPSA) is 86.6 Å². The number of anilines is 1. The number of hydrogen-bond donors (Lipinski definition) is 2. The van der Waals surface area contributed by atoms with E-state index in [9.17, 15) is 9.50 Å². The summed E-state index contributed by atoms with van der Waals surface area (Å²) in [6, 6.07) is 5.87. The molecule has 4 aromatic rings. The van der Waals surface area contributed by atoms with E-state index in [2.05, 4.69) is 38.1 Å². The molecule has 43 heavy (non-hydrogen) atoms. The van der Waals surface area contributed by atoms with E-state index >= 15 is 4.39 Å². The van der Waals surface area contributed by atoms with Crippen LogP contribution in [0.1, 0.15) is 38.2 Å². The predicted octanol–water partition coefficient (Wildman–Crippen LogP) is 4.86. The molecule has 1 spiro atoms. The lowest BCUT2D eigenvalue weighted by molar-refractivity contribution is 0.112. The molecule has 10 heteroatoms. The third-order valence-corrected chi connectivity index (χ3v) is 9.47. The zero-order chi connectivity index (χ0) is 29.9. The number of phenolic OH excluding ortho intramolecular Hbond substituents is 1. The molecule has 5 heterocycles. The van der Waals surface area contributed by atoms with Crippen LogP contribution in [0.3, 0.4) is 0 Å². The highest BCUT2D eigenvalue weighted by atomic mass is 19.1. The van der Waals surface area contributed by atoms with Crippen molar-refractivity contribution in [3.8, 4) is 35.4 Å². The Labute approximate surface area is 249 Å². The molecule has 3 aliphatic heterocycles. The number of nitrogens with zero attached hydrogens (tertiary/aromatic N) is 5. The first-order chi connectivity index (χ1) is 20.8. The second-order valence-corrected chi connectivity index (χ2v) is 12.3. The molecule has 3 aliphatic rings. The van der Waals surface area contributed by atoms with Crippen molar-refractivity contribution < 1.29 is 18.6 Å². The zero-order valence-corrected chi connectivity index (χ0v) is 24.3. The number of benzene rings is 2. The van der Waals surface area contributed by atoms with E-state index in [4.69, 9.17) is 16.1 Å². The summed E-state index contributed by atoms with van der Waals surface area (Å²) in [5, 5.41) is 15.1. The first-order valence-corrected chi connectivity index (χ1v) is 14.9. The van der Waals surface area contributed by atoms with Crippen molar-refractivity contribution in [3.05, 3.63) is 47.7 Å². The molecular weight excluding hydrogens is 550 g/mol. The first-order valence-electron chi connectivity index (χ1n) is 14.9. The monoisotopic (exact) mass is 584 g/mol. The molecule has 1 unspecified atom stereocenters. The van der Waals surface area contributed by atoms with Gasteiger partial charge in [-0.3, -0.25) is 9.88 Å². The molecule has 8 nitrogen and oxygen atoms in total. The van der Waals surface area contributed by atoms with Gasteiger partial charge in [0, 0.05) is 54.8 Å². The highest BCUT2D eigenvalue weighted by molar-refractivity contribution is 6.03. The van der Waals surface area contributed by atoms with Crippen LogP contribution < -0.4 is 15.0 Å². The van der Waals surface area contributed by atoms with Crippen molar-refractivity contribution >= 4 is 27.5 Å². The average Bonchev–Trinajstić information content (AvgIpc) is 3.42. The van der Waals surface area contributed by atoms with Crippen molar-refractivity contribution in [1.29, 1.82) is 0 Å². The van der Waals surface area contributed by atoms with Crippen LogP contribution in [0, 0.1) is 29.4 Å². The third kappa shape index (κ3) is 4.71. The molecule has 7 rings (SSSR count). The summed E-state index contributed by atoms with van der Waals surface area (Å²) >= 11 is 0. The van der Waals surface area contributed by atoms with Crippen LogP contribution >= 0.6 is 0 Å². The minimum Gasteiger partial charge on any atom is -0.508 e. The van der Waals surface area contributed by atoms with Gasteiger partial charge in [0.05, 0.1) is 10.9 Å². The third-order valence-electron chi connectivity index (χ3n) is 9.47. The van der Waals surface area contributed by atoms with Gasteiger partial charge in [0.25, 0.3) is 0 Å². The molecule has 0 radical (unpaired) electrons. The summed E-state index contributed by atoms with van der Waals surface area (Å²) in [5.74, 6) is 1.53. The maximum atomic E-state index is 16.7. The summed E-state index contributed by atoms with van der Waals surface area (Å²) in [6.45, 7) is 6.44. The Hall–Kier alpha value is -4.07. The number of phenols is 1. The Balaban J connectivity index is 1.40. The number of ether oxygens (including phenoxy) is 1. The fourth-order valence-electron chi connectivity index (χ4n) is 7.19. The van der Waals surface area contributed by atoms with Gasteiger partial charge in [-0.1, -0.05) is 12.0 Å². The van der Waals surface area contributed by atoms with Crippen LogP contribution in [0.25, 0.3) is 32.9 Å². The molecule has 0 saturated carbocycles. The highest BCUT2D eigenvalue weighted by Gasteiger charge is 2.41. The number of pyridine rings is 1. The van der Waals surface area contributed by atoms with Crippen molar-refractivity contribution in [1.82, 2.24) is 25.2 Å². The molecule has 2 aromatic carbocycles. The normalized spacial score (nSPS) is 20.8. The fourth-order valence-corrected chi connectivity index (χ4v) is 7.19. The highest BCUT2D eigenvalue weighted by Crippen LogP contribution is 2.41. The quantitative estimate of drug-likeness (QED) is 0.322. The molecule has 2 atom stereocenters. The van der Waals surface area contributed by atoms with Gasteiger partial charge in [-0.2, -0.15) is 9.97 Å². The predicted molar refractivity (Wildman–Crippen MR) is 162 cm³/mol. The fraction of sp³-hybridized carbons (Fsp3) is 0.424. The van der Waals surface area contributed by atoms with E-state index in [1.54, 1.807) is 6.20 Å². The van der Waals surface area contributed by atoms with Gasteiger partial charge in [-0.25, -0.2) is 8.78 Å². The van der Waals surface area contributed by atoms with E-state index < -0.39 is 11.6 Å². The van der Waals surface area contributed by atoms with Crippen LogP contribution in [0.5, 0.6) is 11.8 Å². The van der Waals surface area contributed by atoms with Gasteiger partial charge < -0.3 is 20.1 Å². The number of likely N-dealkylation sites (N-methyl/N-ethyl adjacent to an activating group) is 1. The van der Waals surface area contributed by atoms with Crippen molar-refractivity contribution in [2.24, 2.45) is 5.41 Å². The van der Waals surface area contributed by atoms with Crippen LogP contribution in [0.2, 0.25) is 0 Å². The maximum absolute atomic E-state index is 16.7. The van der Waals surface area contributed by atoms with Crippen LogP contribution in [0.15, 0.2) is 30.5 Å².